The van der Waals surface area contributed by atoms with Gasteiger partial charge in [0, 0.05) is 71.4 Å². The molecule has 11 aromatic carbocycles. The second-order valence-electron chi connectivity index (χ2n) is 23.9. The van der Waals surface area contributed by atoms with Crippen molar-refractivity contribution in [1.29, 1.82) is 0 Å². The number of hydrogen-bond acceptors (Lipinski definition) is 3. The highest BCUT2D eigenvalue weighted by Crippen LogP contribution is 2.64. The molecule has 3 aliphatic rings. The summed E-state index contributed by atoms with van der Waals surface area (Å²) >= 11 is 0. The first-order chi connectivity index (χ1) is 38.4. The average Bonchev–Trinajstić information content (AvgIpc) is 2.71. The van der Waals surface area contributed by atoms with Crippen LogP contribution in [0, 0.1) is 6.92 Å². The van der Waals surface area contributed by atoms with Crippen LogP contribution in [-0.2, 0) is 16.2 Å². The predicted octanol–water partition coefficient (Wildman–Crippen LogP) is 21.2. The summed E-state index contributed by atoms with van der Waals surface area (Å²) < 4.78 is 14.1. The maximum absolute atomic E-state index is 7.16. The van der Waals surface area contributed by atoms with E-state index in [2.05, 4.69) is 272 Å². The minimum Gasteiger partial charge on any atom is -0.455 e. The number of para-hydroxylation sites is 3. The molecule has 2 heterocycles. The highest BCUT2D eigenvalue weighted by molar-refractivity contribution is 6.22. The van der Waals surface area contributed by atoms with Crippen LogP contribution in [0.5, 0.6) is 0 Å². The number of rotatable bonds is 6. The van der Waals surface area contributed by atoms with Gasteiger partial charge in [0.1, 0.15) is 22.3 Å². The number of benzene rings is 11. The smallest absolute Gasteiger partial charge is 0.144 e. The Labute approximate surface area is 461 Å². The van der Waals surface area contributed by atoms with E-state index in [0.717, 1.165) is 72.6 Å². The minimum absolute atomic E-state index is 0.250. The molecule has 3 nitrogen and oxygen atoms in total. The van der Waals surface area contributed by atoms with Gasteiger partial charge in [-0.25, -0.2) is 0 Å². The third-order valence-electron chi connectivity index (χ3n) is 18.5. The van der Waals surface area contributed by atoms with E-state index >= 15 is 0 Å². The van der Waals surface area contributed by atoms with Crippen molar-refractivity contribution in [3.63, 3.8) is 0 Å². The highest BCUT2D eigenvalue weighted by atomic mass is 16.3. The van der Waals surface area contributed by atoms with Gasteiger partial charge in [-0.05, 0) is 133 Å². The van der Waals surface area contributed by atoms with Crippen LogP contribution in [0.1, 0.15) is 80.5 Å². The lowest BCUT2D eigenvalue weighted by Gasteiger charge is -2.33. The first-order valence-corrected chi connectivity index (χ1v) is 27.9. The standard InChI is InChI=1S/C76H57NO2/c1-44-23-14-15-28-49(44)57-43-61-64(66-55-30-17-20-35-62(55)78-72(57)66)53-39-37-47(41-59(53)74(61,2)3)77(71-50(45-24-10-8-11-25-45)32-22-33-51(71)46-26-12-9-13-27-46)48-38-40-54-60(42-48)76(6,7)70-68(54)73-67(56-31-18-21-36-63(56)79-73)65-52-29-16-19-34-58(52)75(4,5)69(65)70/h8-43H,1-7H3. The Morgan fingerprint density at radius 3 is 1.43 bits per heavy atom. The fourth-order valence-electron chi connectivity index (χ4n) is 14.8. The fraction of sp³-hybridized carbons (Fsp3) is 0.132. The van der Waals surface area contributed by atoms with Crippen LogP contribution in [0.25, 0.3) is 111 Å². The molecule has 0 bridgehead atoms. The van der Waals surface area contributed by atoms with E-state index in [9.17, 15) is 0 Å². The first kappa shape index (κ1) is 46.0. The first-order valence-electron chi connectivity index (χ1n) is 27.9. The Balaban J connectivity index is 0.974. The molecule has 0 atom stereocenters. The third-order valence-corrected chi connectivity index (χ3v) is 18.5. The van der Waals surface area contributed by atoms with Gasteiger partial charge in [0.2, 0.25) is 0 Å². The fourth-order valence-corrected chi connectivity index (χ4v) is 14.8. The summed E-state index contributed by atoms with van der Waals surface area (Å²) in [6.45, 7) is 16.8. The summed E-state index contributed by atoms with van der Waals surface area (Å²) in [6, 6.07) is 80.7. The molecule has 0 amide bonds. The Morgan fingerprint density at radius 2 is 0.797 bits per heavy atom. The van der Waals surface area contributed by atoms with Gasteiger partial charge >= 0.3 is 0 Å². The summed E-state index contributed by atoms with van der Waals surface area (Å²) in [5.41, 5.74) is 29.8. The van der Waals surface area contributed by atoms with Gasteiger partial charge in [0.05, 0.1) is 5.69 Å². The molecule has 0 radical (unpaired) electrons. The normalized spacial score (nSPS) is 14.8. The molecule has 0 saturated carbocycles. The molecule has 378 valence electrons. The lowest BCUT2D eigenvalue weighted by Crippen LogP contribution is -2.24. The molecule has 3 aliphatic carbocycles. The zero-order chi connectivity index (χ0) is 53.3. The van der Waals surface area contributed by atoms with Crippen LogP contribution in [0.2, 0.25) is 0 Å². The van der Waals surface area contributed by atoms with Crippen molar-refractivity contribution in [2.75, 3.05) is 4.90 Å². The summed E-state index contributed by atoms with van der Waals surface area (Å²) in [4.78, 5) is 2.58. The summed E-state index contributed by atoms with van der Waals surface area (Å²) in [5, 5.41) is 4.70. The molecule has 3 heteroatoms. The van der Waals surface area contributed by atoms with Crippen LogP contribution in [0.3, 0.4) is 0 Å². The zero-order valence-corrected chi connectivity index (χ0v) is 45.5. The van der Waals surface area contributed by atoms with Crippen LogP contribution in [0.15, 0.2) is 227 Å². The molecule has 0 fully saturated rings. The number of nitrogens with zero attached hydrogens (tertiary/aromatic N) is 1. The van der Waals surface area contributed by atoms with Crippen LogP contribution >= 0.6 is 0 Å². The molecule has 79 heavy (non-hydrogen) atoms. The number of furan rings is 2. The van der Waals surface area contributed by atoms with E-state index < -0.39 is 5.41 Å². The second kappa shape index (κ2) is 16.2. The SMILES string of the molecule is Cc1ccccc1-c1cc2c(c3c1oc1ccccc13)-c1ccc(N(c3ccc4c(c3)C(C)(C)c3c5c(c6c(oc7ccccc76)c3-4)-c3ccccc3C5(C)C)c3c(-c4ccccc4)cccc3-c3ccccc3)cc1C2(C)C. The molecule has 0 unspecified atom stereocenters. The number of fused-ring (bicyclic) bond motifs is 19. The van der Waals surface area contributed by atoms with Crippen LogP contribution in [0.4, 0.5) is 17.1 Å². The lowest BCUT2D eigenvalue weighted by molar-refractivity contribution is 0.600. The van der Waals surface area contributed by atoms with Gasteiger partial charge in [-0.2, -0.15) is 0 Å². The Morgan fingerprint density at radius 1 is 0.329 bits per heavy atom. The van der Waals surface area contributed by atoms with Crippen molar-refractivity contribution in [3.05, 3.63) is 257 Å². The molecule has 0 aliphatic heterocycles. The summed E-state index contributed by atoms with van der Waals surface area (Å²) in [6.07, 6.45) is 0. The van der Waals surface area contributed by atoms with Crippen molar-refractivity contribution in [2.24, 2.45) is 0 Å². The minimum atomic E-state index is -0.404. The van der Waals surface area contributed by atoms with Gasteiger partial charge in [-0.3, -0.25) is 0 Å². The van der Waals surface area contributed by atoms with Crippen molar-refractivity contribution in [1.82, 2.24) is 0 Å². The van der Waals surface area contributed by atoms with Crippen LogP contribution in [-0.4, -0.2) is 0 Å². The number of aryl methyl sites for hydroxylation is 1. The highest BCUT2D eigenvalue weighted by Gasteiger charge is 2.49. The maximum Gasteiger partial charge on any atom is 0.144 e. The van der Waals surface area contributed by atoms with E-state index in [1.165, 1.54) is 94.0 Å². The molecule has 0 N–H and O–H groups in total. The number of anilines is 3. The van der Waals surface area contributed by atoms with Crippen molar-refractivity contribution in [2.45, 2.75) is 64.7 Å². The largest absolute Gasteiger partial charge is 0.455 e. The molecule has 0 spiro atoms. The number of hydrogen-bond donors (Lipinski definition) is 0. The quantitative estimate of drug-likeness (QED) is 0.166. The third kappa shape index (κ3) is 6.19. The molecule has 16 rings (SSSR count). The van der Waals surface area contributed by atoms with Gasteiger partial charge in [-0.15, -0.1) is 0 Å². The molecule has 13 aromatic rings. The zero-order valence-electron chi connectivity index (χ0n) is 45.5. The van der Waals surface area contributed by atoms with Crippen molar-refractivity contribution >= 4 is 60.9 Å². The van der Waals surface area contributed by atoms with Crippen molar-refractivity contribution in [3.8, 4) is 66.8 Å². The maximum atomic E-state index is 7.16. The van der Waals surface area contributed by atoms with Gasteiger partial charge in [0.25, 0.3) is 0 Å². The monoisotopic (exact) mass is 1020 g/mol. The van der Waals surface area contributed by atoms with Crippen molar-refractivity contribution < 1.29 is 8.83 Å². The topological polar surface area (TPSA) is 29.5 Å². The molecule has 0 saturated heterocycles. The summed E-state index contributed by atoms with van der Waals surface area (Å²) in [5.74, 6) is 0. The predicted molar refractivity (Wildman–Crippen MR) is 329 cm³/mol. The summed E-state index contributed by atoms with van der Waals surface area (Å²) in [7, 11) is 0. The van der Waals surface area contributed by atoms with E-state index in [1.54, 1.807) is 0 Å². The molecule has 2 aromatic heterocycles. The Kier molecular flexibility index (Phi) is 9.42. The lowest BCUT2D eigenvalue weighted by atomic mass is 9.72. The second-order valence-corrected chi connectivity index (χ2v) is 23.9. The van der Waals surface area contributed by atoms with E-state index in [0.29, 0.717) is 0 Å². The van der Waals surface area contributed by atoms with Gasteiger partial charge in [0.15, 0.2) is 0 Å². The van der Waals surface area contributed by atoms with E-state index in [1.807, 2.05) is 0 Å². The van der Waals surface area contributed by atoms with E-state index in [4.69, 9.17) is 8.83 Å². The Bertz CT molecular complexity index is 4700. The molecular weight excluding hydrogens is 959 g/mol. The average molecular weight is 1020 g/mol. The molecular formula is C76H57NO2. The van der Waals surface area contributed by atoms with E-state index in [-0.39, 0.29) is 10.8 Å². The Hall–Kier alpha value is -9.18. The van der Waals surface area contributed by atoms with Crippen LogP contribution < -0.4 is 4.90 Å². The van der Waals surface area contributed by atoms with Gasteiger partial charge in [-0.1, -0.05) is 217 Å². The van der Waals surface area contributed by atoms with Gasteiger partial charge < -0.3 is 13.7 Å².